The van der Waals surface area contributed by atoms with Gasteiger partial charge in [0.15, 0.2) is 11.5 Å². The second-order valence-electron chi connectivity index (χ2n) is 6.92. The van der Waals surface area contributed by atoms with Crippen molar-refractivity contribution < 1.29 is 24.4 Å². The Labute approximate surface area is 183 Å². The van der Waals surface area contributed by atoms with E-state index in [9.17, 15) is 10.2 Å². The van der Waals surface area contributed by atoms with Crippen molar-refractivity contribution in [2.75, 3.05) is 13.7 Å². The van der Waals surface area contributed by atoms with E-state index in [0.717, 1.165) is 16.7 Å². The van der Waals surface area contributed by atoms with Crippen LogP contribution in [0.2, 0.25) is 0 Å². The highest BCUT2D eigenvalue weighted by Crippen LogP contribution is 2.31. The Morgan fingerprint density at radius 2 is 1.52 bits per heavy atom. The fraction of sp³-hybridized carbons (Fsp3) is 0.231. The molecule has 0 amide bonds. The SMILES string of the molecule is CCOc1ccc(/C=C\c2cc(CO)c(CO)c(OC)c2)cc1OCc1ccccc1. The number of ether oxygens (including phenoxy) is 3. The van der Waals surface area contributed by atoms with Gasteiger partial charge < -0.3 is 24.4 Å². The van der Waals surface area contributed by atoms with Gasteiger partial charge in [-0.2, -0.15) is 0 Å². The van der Waals surface area contributed by atoms with Crippen molar-refractivity contribution in [3.8, 4) is 17.2 Å². The van der Waals surface area contributed by atoms with Gasteiger partial charge in [-0.15, -0.1) is 0 Å². The lowest BCUT2D eigenvalue weighted by atomic mass is 10.0. The van der Waals surface area contributed by atoms with E-state index < -0.39 is 0 Å². The van der Waals surface area contributed by atoms with E-state index in [4.69, 9.17) is 14.2 Å². The number of benzene rings is 3. The molecule has 5 nitrogen and oxygen atoms in total. The molecule has 0 aliphatic rings. The Balaban J connectivity index is 1.85. The summed E-state index contributed by atoms with van der Waals surface area (Å²) in [5, 5.41) is 19.2. The Kier molecular flexibility index (Phi) is 8.10. The summed E-state index contributed by atoms with van der Waals surface area (Å²) in [5.41, 5.74) is 4.12. The minimum atomic E-state index is -0.190. The van der Waals surface area contributed by atoms with Gasteiger partial charge in [0.2, 0.25) is 0 Å². The molecule has 31 heavy (non-hydrogen) atoms. The van der Waals surface area contributed by atoms with Gasteiger partial charge in [0.05, 0.1) is 26.9 Å². The zero-order valence-electron chi connectivity index (χ0n) is 17.9. The minimum absolute atomic E-state index is 0.172. The largest absolute Gasteiger partial charge is 0.496 e. The monoisotopic (exact) mass is 420 g/mol. The van der Waals surface area contributed by atoms with Crippen LogP contribution in [-0.4, -0.2) is 23.9 Å². The maximum atomic E-state index is 9.63. The third-order valence-corrected chi connectivity index (χ3v) is 4.85. The molecule has 0 aliphatic carbocycles. The van der Waals surface area contributed by atoms with Gasteiger partial charge in [0, 0.05) is 5.56 Å². The third-order valence-electron chi connectivity index (χ3n) is 4.85. The highest BCUT2D eigenvalue weighted by molar-refractivity contribution is 5.72. The van der Waals surface area contributed by atoms with Crippen LogP contribution in [0.1, 0.15) is 34.7 Å². The van der Waals surface area contributed by atoms with Crippen molar-refractivity contribution >= 4 is 12.2 Å². The van der Waals surface area contributed by atoms with Gasteiger partial charge in [-0.05, 0) is 53.4 Å². The Morgan fingerprint density at radius 1 is 0.774 bits per heavy atom. The standard InChI is InChI=1S/C26H28O5/c1-3-30-24-12-11-19(14-26(24)31-18-20-7-5-4-6-8-20)9-10-21-13-22(16-27)23(17-28)25(15-21)29-2/h4-15,27-28H,3,16-18H2,1-2H3/b10-9-. The fourth-order valence-corrected chi connectivity index (χ4v) is 3.27. The van der Waals surface area contributed by atoms with Crippen LogP contribution in [0.25, 0.3) is 12.2 Å². The second kappa shape index (κ2) is 11.2. The summed E-state index contributed by atoms with van der Waals surface area (Å²) in [6, 6.07) is 19.5. The Morgan fingerprint density at radius 3 is 2.19 bits per heavy atom. The molecule has 0 bridgehead atoms. The van der Waals surface area contributed by atoms with E-state index in [1.165, 1.54) is 0 Å². The summed E-state index contributed by atoms with van der Waals surface area (Å²) >= 11 is 0. The molecule has 0 spiro atoms. The summed E-state index contributed by atoms with van der Waals surface area (Å²) in [5.74, 6) is 1.93. The van der Waals surface area contributed by atoms with Crippen LogP contribution in [0.5, 0.6) is 17.2 Å². The molecule has 0 fully saturated rings. The van der Waals surface area contributed by atoms with Crippen LogP contribution in [0, 0.1) is 0 Å². The van der Waals surface area contributed by atoms with E-state index in [1.807, 2.05) is 79.7 Å². The zero-order chi connectivity index (χ0) is 22.1. The molecule has 0 saturated heterocycles. The van der Waals surface area contributed by atoms with E-state index in [0.29, 0.717) is 41.6 Å². The molecule has 0 atom stereocenters. The number of rotatable bonds is 10. The first-order valence-corrected chi connectivity index (χ1v) is 10.2. The first-order chi connectivity index (χ1) is 15.2. The average Bonchev–Trinajstić information content (AvgIpc) is 2.82. The van der Waals surface area contributed by atoms with Gasteiger partial charge in [-0.1, -0.05) is 48.6 Å². The van der Waals surface area contributed by atoms with Crippen LogP contribution >= 0.6 is 0 Å². The van der Waals surface area contributed by atoms with Crippen molar-refractivity contribution in [1.29, 1.82) is 0 Å². The molecular weight excluding hydrogens is 392 g/mol. The lowest BCUT2D eigenvalue weighted by molar-refractivity contribution is 0.254. The molecule has 0 unspecified atom stereocenters. The van der Waals surface area contributed by atoms with Crippen molar-refractivity contribution in [2.45, 2.75) is 26.7 Å². The molecule has 3 aromatic carbocycles. The van der Waals surface area contributed by atoms with Gasteiger partial charge in [0.1, 0.15) is 12.4 Å². The molecule has 3 aromatic rings. The molecule has 162 valence electrons. The first kappa shape index (κ1) is 22.4. The topological polar surface area (TPSA) is 68.2 Å². The molecule has 0 saturated carbocycles. The normalized spacial score (nSPS) is 11.0. The van der Waals surface area contributed by atoms with Crippen LogP contribution in [-0.2, 0) is 19.8 Å². The van der Waals surface area contributed by atoms with Crippen molar-refractivity contribution in [3.05, 3.63) is 88.5 Å². The van der Waals surface area contributed by atoms with Crippen LogP contribution in [0.15, 0.2) is 60.7 Å². The smallest absolute Gasteiger partial charge is 0.162 e. The minimum Gasteiger partial charge on any atom is -0.496 e. The molecule has 3 rings (SSSR count). The highest BCUT2D eigenvalue weighted by atomic mass is 16.5. The van der Waals surface area contributed by atoms with Gasteiger partial charge in [-0.25, -0.2) is 0 Å². The summed E-state index contributed by atoms with van der Waals surface area (Å²) in [6.07, 6.45) is 3.89. The Hall–Kier alpha value is -3.28. The zero-order valence-corrected chi connectivity index (χ0v) is 17.9. The predicted octanol–water partition coefficient (Wildman–Crippen LogP) is 4.83. The highest BCUT2D eigenvalue weighted by Gasteiger charge is 2.10. The van der Waals surface area contributed by atoms with Crippen LogP contribution in [0.3, 0.4) is 0 Å². The third kappa shape index (κ3) is 5.87. The number of hydrogen-bond acceptors (Lipinski definition) is 5. The van der Waals surface area contributed by atoms with Gasteiger partial charge in [-0.3, -0.25) is 0 Å². The molecular formula is C26H28O5. The van der Waals surface area contributed by atoms with Crippen molar-refractivity contribution in [2.24, 2.45) is 0 Å². The first-order valence-electron chi connectivity index (χ1n) is 10.2. The summed E-state index contributed by atoms with van der Waals surface area (Å²) in [7, 11) is 1.55. The lowest BCUT2D eigenvalue weighted by Gasteiger charge is -2.13. The maximum Gasteiger partial charge on any atom is 0.162 e. The number of methoxy groups -OCH3 is 1. The van der Waals surface area contributed by atoms with Crippen molar-refractivity contribution in [1.82, 2.24) is 0 Å². The summed E-state index contributed by atoms with van der Waals surface area (Å²) in [6.45, 7) is 2.58. The van der Waals surface area contributed by atoms with E-state index >= 15 is 0 Å². The summed E-state index contributed by atoms with van der Waals surface area (Å²) < 4.78 is 17.1. The van der Waals surface area contributed by atoms with Crippen LogP contribution in [0.4, 0.5) is 0 Å². The molecule has 0 aliphatic heterocycles. The maximum absolute atomic E-state index is 9.63. The molecule has 0 heterocycles. The number of hydrogen-bond donors (Lipinski definition) is 2. The van der Waals surface area contributed by atoms with E-state index in [-0.39, 0.29) is 13.2 Å². The predicted molar refractivity (Wildman–Crippen MR) is 122 cm³/mol. The quantitative estimate of drug-likeness (QED) is 0.460. The lowest BCUT2D eigenvalue weighted by Crippen LogP contribution is -2.00. The van der Waals surface area contributed by atoms with Crippen molar-refractivity contribution in [3.63, 3.8) is 0 Å². The average molecular weight is 421 g/mol. The molecule has 5 heteroatoms. The second-order valence-corrected chi connectivity index (χ2v) is 6.92. The number of aliphatic hydroxyl groups excluding tert-OH is 2. The number of aliphatic hydroxyl groups is 2. The fourth-order valence-electron chi connectivity index (χ4n) is 3.27. The van der Waals surface area contributed by atoms with Crippen LogP contribution < -0.4 is 14.2 Å². The van der Waals surface area contributed by atoms with Gasteiger partial charge >= 0.3 is 0 Å². The van der Waals surface area contributed by atoms with Gasteiger partial charge in [0.25, 0.3) is 0 Å². The molecule has 2 N–H and O–H groups in total. The molecule has 0 radical (unpaired) electrons. The van der Waals surface area contributed by atoms with E-state index in [1.54, 1.807) is 7.11 Å². The summed E-state index contributed by atoms with van der Waals surface area (Å²) in [4.78, 5) is 0. The Bertz CT molecular complexity index is 987. The molecule has 0 aromatic heterocycles. The van der Waals surface area contributed by atoms with E-state index in [2.05, 4.69) is 0 Å².